The quantitative estimate of drug-likeness (QED) is 0.709. The van der Waals surface area contributed by atoms with Crippen LogP contribution in [-0.4, -0.2) is 56.1 Å². The van der Waals surface area contributed by atoms with Gasteiger partial charge in [-0.15, -0.1) is 0 Å². The van der Waals surface area contributed by atoms with Crippen LogP contribution >= 0.6 is 0 Å². The van der Waals surface area contributed by atoms with E-state index in [4.69, 9.17) is 4.42 Å². The minimum Gasteiger partial charge on any atom is -0.467 e. The maximum atomic E-state index is 13.9. The molecule has 1 N–H and O–H groups in total. The van der Waals surface area contributed by atoms with Crippen molar-refractivity contribution in [3.05, 3.63) is 54.2 Å². The number of piperidine rings is 1. The second kappa shape index (κ2) is 9.40. The number of sulfonamides is 1. The molecule has 2 amide bonds. The zero-order valence-corrected chi connectivity index (χ0v) is 17.4. The molecule has 10 heteroatoms. The Morgan fingerprint density at radius 2 is 1.90 bits per heavy atom. The summed E-state index contributed by atoms with van der Waals surface area (Å²) in [5.41, 5.74) is 0. The number of nitrogens with zero attached hydrogens (tertiary/aromatic N) is 2. The normalized spacial score (nSPS) is 15.7. The number of furan rings is 1. The summed E-state index contributed by atoms with van der Waals surface area (Å²) in [6, 6.07) is 8.69. The highest BCUT2D eigenvalue weighted by Crippen LogP contribution is 2.26. The van der Waals surface area contributed by atoms with Crippen LogP contribution in [0.15, 0.2) is 52.0 Å². The number of likely N-dealkylation sites (N-methyl/N-ethyl adjacent to an activating group) is 1. The van der Waals surface area contributed by atoms with Crippen LogP contribution in [0.4, 0.5) is 4.39 Å². The summed E-state index contributed by atoms with van der Waals surface area (Å²) in [4.78, 5) is 25.7. The van der Waals surface area contributed by atoms with Crippen LogP contribution in [0, 0.1) is 11.7 Å². The number of amides is 2. The first-order valence-electron chi connectivity index (χ1n) is 9.58. The van der Waals surface area contributed by atoms with Crippen molar-refractivity contribution in [2.45, 2.75) is 24.3 Å². The van der Waals surface area contributed by atoms with Gasteiger partial charge in [0.2, 0.25) is 21.8 Å². The van der Waals surface area contributed by atoms with E-state index in [1.54, 1.807) is 12.1 Å². The largest absolute Gasteiger partial charge is 0.467 e. The molecule has 1 aliphatic heterocycles. The average Bonchev–Trinajstić information content (AvgIpc) is 3.25. The van der Waals surface area contributed by atoms with E-state index >= 15 is 0 Å². The van der Waals surface area contributed by atoms with E-state index < -0.39 is 15.8 Å². The maximum Gasteiger partial charge on any atom is 0.245 e. The lowest BCUT2D eigenvalue weighted by molar-refractivity contribution is -0.139. The van der Waals surface area contributed by atoms with Crippen molar-refractivity contribution in [2.75, 3.05) is 26.7 Å². The van der Waals surface area contributed by atoms with Gasteiger partial charge in [0.25, 0.3) is 0 Å². The number of benzene rings is 1. The zero-order chi connectivity index (χ0) is 21.7. The van der Waals surface area contributed by atoms with Crippen molar-refractivity contribution in [3.63, 3.8) is 0 Å². The third-order valence-electron chi connectivity index (χ3n) is 5.05. The average molecular weight is 437 g/mol. The molecule has 0 saturated carbocycles. The van der Waals surface area contributed by atoms with Crippen LogP contribution in [0.2, 0.25) is 0 Å². The lowest BCUT2D eigenvalue weighted by Gasteiger charge is -2.32. The van der Waals surface area contributed by atoms with E-state index in [-0.39, 0.29) is 48.8 Å². The first-order chi connectivity index (χ1) is 14.3. The molecule has 2 heterocycles. The summed E-state index contributed by atoms with van der Waals surface area (Å²) >= 11 is 0. The van der Waals surface area contributed by atoms with E-state index in [0.717, 1.165) is 6.07 Å². The molecule has 1 saturated heterocycles. The van der Waals surface area contributed by atoms with Crippen molar-refractivity contribution in [1.82, 2.24) is 14.5 Å². The summed E-state index contributed by atoms with van der Waals surface area (Å²) in [7, 11) is -2.41. The second-order valence-electron chi connectivity index (χ2n) is 7.16. The zero-order valence-electron chi connectivity index (χ0n) is 16.6. The molecule has 3 rings (SSSR count). The molecule has 0 bridgehead atoms. The van der Waals surface area contributed by atoms with Gasteiger partial charge in [-0.1, -0.05) is 12.1 Å². The number of nitrogens with one attached hydrogen (secondary N) is 1. The Kier molecular flexibility index (Phi) is 6.88. The Hall–Kier alpha value is -2.72. The summed E-state index contributed by atoms with van der Waals surface area (Å²) in [5, 5.41) is 2.67. The molecule has 8 nitrogen and oxygen atoms in total. The number of rotatable bonds is 7. The fourth-order valence-corrected chi connectivity index (χ4v) is 4.93. The highest BCUT2D eigenvalue weighted by molar-refractivity contribution is 7.89. The molecule has 1 aromatic carbocycles. The molecule has 1 aliphatic rings. The Labute approximate surface area is 174 Å². The Morgan fingerprint density at radius 3 is 2.53 bits per heavy atom. The van der Waals surface area contributed by atoms with Gasteiger partial charge in [-0.05, 0) is 37.1 Å². The van der Waals surface area contributed by atoms with Gasteiger partial charge in [-0.25, -0.2) is 12.8 Å². The summed E-state index contributed by atoms with van der Waals surface area (Å²) in [6.07, 6.45) is 2.13. The van der Waals surface area contributed by atoms with Crippen molar-refractivity contribution in [2.24, 2.45) is 5.92 Å². The first kappa shape index (κ1) is 22.0. The predicted molar refractivity (Wildman–Crippen MR) is 106 cm³/mol. The van der Waals surface area contributed by atoms with E-state index in [2.05, 4.69) is 5.32 Å². The molecule has 2 aromatic rings. The lowest BCUT2D eigenvalue weighted by Crippen LogP contribution is -2.45. The van der Waals surface area contributed by atoms with Gasteiger partial charge in [-0.2, -0.15) is 4.31 Å². The van der Waals surface area contributed by atoms with E-state index in [0.29, 0.717) is 18.6 Å². The van der Waals surface area contributed by atoms with E-state index in [1.807, 2.05) is 0 Å². The smallest absolute Gasteiger partial charge is 0.245 e. The summed E-state index contributed by atoms with van der Waals surface area (Å²) < 4.78 is 45.6. The number of hydrogen-bond donors (Lipinski definition) is 1. The molecule has 0 aliphatic carbocycles. The minimum absolute atomic E-state index is 0.104. The van der Waals surface area contributed by atoms with Crippen LogP contribution in [-0.2, 0) is 26.2 Å². The van der Waals surface area contributed by atoms with Gasteiger partial charge in [0.05, 0.1) is 19.4 Å². The van der Waals surface area contributed by atoms with Crippen LogP contribution < -0.4 is 5.32 Å². The minimum atomic E-state index is -3.95. The summed E-state index contributed by atoms with van der Waals surface area (Å²) in [6.45, 7) is 0.366. The molecule has 0 spiro atoms. The van der Waals surface area contributed by atoms with E-state index in [1.165, 1.54) is 40.7 Å². The van der Waals surface area contributed by atoms with Crippen LogP contribution in [0.3, 0.4) is 0 Å². The van der Waals surface area contributed by atoms with Crippen LogP contribution in [0.5, 0.6) is 0 Å². The third-order valence-corrected chi connectivity index (χ3v) is 6.99. The van der Waals surface area contributed by atoms with Crippen molar-refractivity contribution < 1.29 is 26.8 Å². The maximum absolute atomic E-state index is 13.9. The Morgan fingerprint density at radius 1 is 1.20 bits per heavy atom. The predicted octanol–water partition coefficient (Wildman–Crippen LogP) is 1.59. The number of hydrogen-bond acceptors (Lipinski definition) is 5. The van der Waals surface area contributed by atoms with Crippen molar-refractivity contribution in [3.8, 4) is 0 Å². The molecule has 0 unspecified atom stereocenters. The van der Waals surface area contributed by atoms with Gasteiger partial charge < -0.3 is 14.6 Å². The Balaban J connectivity index is 1.51. The highest BCUT2D eigenvalue weighted by Gasteiger charge is 2.34. The van der Waals surface area contributed by atoms with Crippen molar-refractivity contribution in [1.29, 1.82) is 0 Å². The lowest BCUT2D eigenvalue weighted by atomic mass is 9.96. The molecular weight excluding hydrogens is 413 g/mol. The monoisotopic (exact) mass is 437 g/mol. The highest BCUT2D eigenvalue weighted by atomic mass is 32.2. The topological polar surface area (TPSA) is 99.9 Å². The van der Waals surface area contributed by atoms with Gasteiger partial charge >= 0.3 is 0 Å². The van der Waals surface area contributed by atoms with Crippen molar-refractivity contribution >= 4 is 21.8 Å². The van der Waals surface area contributed by atoms with Gasteiger partial charge in [0.1, 0.15) is 16.5 Å². The number of carbonyl (C=O) groups is 2. The van der Waals surface area contributed by atoms with Crippen LogP contribution in [0.25, 0.3) is 0 Å². The first-order valence-corrected chi connectivity index (χ1v) is 11.0. The number of halogens is 1. The molecule has 162 valence electrons. The fourth-order valence-electron chi connectivity index (χ4n) is 3.40. The molecule has 1 fully saturated rings. The molecule has 0 radical (unpaired) electrons. The SMILES string of the molecule is CN(CC(=O)NCc1ccco1)C(=O)C1CCN(S(=O)(=O)c2ccccc2F)CC1. The molecule has 0 atom stereocenters. The summed E-state index contributed by atoms with van der Waals surface area (Å²) in [5.74, 6) is -1.11. The van der Waals surface area contributed by atoms with Gasteiger partial charge in [0.15, 0.2) is 0 Å². The van der Waals surface area contributed by atoms with Gasteiger partial charge in [0, 0.05) is 26.1 Å². The van der Waals surface area contributed by atoms with Crippen LogP contribution in [0.1, 0.15) is 18.6 Å². The second-order valence-corrected chi connectivity index (χ2v) is 9.07. The number of carbonyl (C=O) groups excluding carboxylic acids is 2. The molecular formula is C20H24FN3O5S. The van der Waals surface area contributed by atoms with E-state index in [9.17, 15) is 22.4 Å². The fraction of sp³-hybridized carbons (Fsp3) is 0.400. The van der Waals surface area contributed by atoms with Gasteiger partial charge in [-0.3, -0.25) is 9.59 Å². The molecule has 30 heavy (non-hydrogen) atoms. The third kappa shape index (κ3) is 5.06. The standard InChI is InChI=1S/C20H24FN3O5S/c1-23(14-19(25)22-13-16-5-4-12-29-16)20(26)15-8-10-24(11-9-15)30(27,28)18-7-3-2-6-17(18)21/h2-7,12,15H,8-11,13-14H2,1H3,(H,22,25). The Bertz CT molecular complexity index is 986. The molecule has 1 aromatic heterocycles.